The summed E-state index contributed by atoms with van der Waals surface area (Å²) in [7, 11) is -2.58. The van der Waals surface area contributed by atoms with Crippen LogP contribution in [-0.4, -0.2) is 34.5 Å². The lowest BCUT2D eigenvalue weighted by atomic mass is 10.5. The van der Waals surface area contributed by atoms with Gasteiger partial charge in [0.05, 0.1) is 5.84 Å². The van der Waals surface area contributed by atoms with Crippen molar-refractivity contribution in [1.82, 2.24) is 0 Å². The summed E-state index contributed by atoms with van der Waals surface area (Å²) in [5, 5.41) is 7.20. The highest BCUT2D eigenvalue weighted by Gasteiger charge is 2.39. The predicted molar refractivity (Wildman–Crippen MR) is 62.0 cm³/mol. The molecule has 6 heteroatoms. The molecule has 0 heterocycles. The van der Waals surface area contributed by atoms with Gasteiger partial charge in [-0.3, -0.25) is 5.41 Å². The number of hydrogen-bond acceptors (Lipinski definition) is 4. The fourth-order valence-electron chi connectivity index (χ4n) is 1.29. The van der Waals surface area contributed by atoms with Gasteiger partial charge in [-0.05, 0) is 20.8 Å². The van der Waals surface area contributed by atoms with Gasteiger partial charge in [0, 0.05) is 32.3 Å². The number of hydrogen-bond donors (Lipinski definition) is 2. The maximum atomic E-state index is 7.20. The Morgan fingerprint density at radius 2 is 1.47 bits per heavy atom. The zero-order valence-corrected chi connectivity index (χ0v) is 10.8. The minimum atomic E-state index is -2.58. The van der Waals surface area contributed by atoms with E-state index in [-0.39, 0.29) is 5.84 Å². The Balaban J connectivity index is 4.37. The molecule has 15 heavy (non-hydrogen) atoms. The molecule has 0 aromatic carbocycles. The number of nitrogens with one attached hydrogen (secondary N) is 1. The van der Waals surface area contributed by atoms with Crippen LogP contribution in [0.1, 0.15) is 27.2 Å². The molecule has 0 spiro atoms. The van der Waals surface area contributed by atoms with Crippen LogP contribution in [0, 0.1) is 5.41 Å². The number of rotatable bonds is 9. The molecule has 3 N–H and O–H groups in total. The maximum absolute atomic E-state index is 7.20. The van der Waals surface area contributed by atoms with Crippen LogP contribution in [-0.2, 0) is 13.3 Å². The van der Waals surface area contributed by atoms with E-state index in [0.29, 0.717) is 32.3 Å². The summed E-state index contributed by atoms with van der Waals surface area (Å²) < 4.78 is 16.8. The fourth-order valence-corrected chi connectivity index (χ4v) is 3.87. The van der Waals surface area contributed by atoms with Crippen LogP contribution in [0.2, 0.25) is 6.04 Å². The van der Waals surface area contributed by atoms with Gasteiger partial charge in [-0.15, -0.1) is 0 Å². The molecule has 0 aromatic heterocycles. The summed E-state index contributed by atoms with van der Waals surface area (Å²) in [6.07, 6.45) is 0.465. The second-order valence-corrected chi connectivity index (χ2v) is 5.74. The molecule has 0 bridgehead atoms. The smallest absolute Gasteiger partial charge is 0.388 e. The molecule has 0 saturated heterocycles. The average molecular weight is 234 g/mol. The molecule has 0 radical (unpaired) electrons. The van der Waals surface area contributed by atoms with Crippen molar-refractivity contribution in [3.8, 4) is 0 Å². The lowest BCUT2D eigenvalue weighted by Crippen LogP contribution is -2.46. The molecule has 0 aliphatic rings. The van der Waals surface area contributed by atoms with Crippen LogP contribution in [0.3, 0.4) is 0 Å². The van der Waals surface area contributed by atoms with Crippen LogP contribution in [0.15, 0.2) is 0 Å². The van der Waals surface area contributed by atoms with Crippen LogP contribution in [0.4, 0.5) is 0 Å². The SMILES string of the molecule is CCO[Si](CCC(=N)N)(OCC)OCC. The van der Waals surface area contributed by atoms with E-state index in [9.17, 15) is 0 Å². The van der Waals surface area contributed by atoms with Crippen molar-refractivity contribution in [2.75, 3.05) is 19.8 Å². The normalized spacial score (nSPS) is 11.7. The van der Waals surface area contributed by atoms with Crippen molar-refractivity contribution in [2.24, 2.45) is 5.73 Å². The van der Waals surface area contributed by atoms with Gasteiger partial charge in [0.25, 0.3) is 0 Å². The van der Waals surface area contributed by atoms with E-state index in [4.69, 9.17) is 24.4 Å². The molecule has 0 atom stereocenters. The molecule has 5 nitrogen and oxygen atoms in total. The Hall–Kier alpha value is -0.433. The molecule has 90 valence electrons. The monoisotopic (exact) mass is 234 g/mol. The van der Waals surface area contributed by atoms with E-state index in [0.717, 1.165) is 0 Å². The summed E-state index contributed by atoms with van der Waals surface area (Å²) in [5.41, 5.74) is 5.33. The first-order chi connectivity index (χ1) is 7.10. The maximum Gasteiger partial charge on any atom is 0.501 e. The van der Waals surface area contributed by atoms with Gasteiger partial charge in [0.2, 0.25) is 0 Å². The Morgan fingerprint density at radius 3 is 1.73 bits per heavy atom. The van der Waals surface area contributed by atoms with E-state index in [1.807, 2.05) is 20.8 Å². The van der Waals surface area contributed by atoms with Gasteiger partial charge in [-0.2, -0.15) is 0 Å². The summed E-state index contributed by atoms with van der Waals surface area (Å²) in [6, 6.07) is 0.581. The minimum absolute atomic E-state index is 0.144. The van der Waals surface area contributed by atoms with Gasteiger partial charge < -0.3 is 19.0 Å². The molecular formula is C9H22N2O3Si. The first kappa shape index (κ1) is 14.6. The lowest BCUT2D eigenvalue weighted by molar-refractivity contribution is 0.0718. The Kier molecular flexibility index (Phi) is 7.58. The predicted octanol–water partition coefficient (Wildman–Crippen LogP) is 1.36. The molecular weight excluding hydrogens is 212 g/mol. The zero-order valence-electron chi connectivity index (χ0n) is 9.84. The Labute approximate surface area is 92.8 Å². The van der Waals surface area contributed by atoms with E-state index >= 15 is 0 Å². The third-order valence-electron chi connectivity index (χ3n) is 1.79. The van der Waals surface area contributed by atoms with Crippen molar-refractivity contribution in [3.05, 3.63) is 0 Å². The molecule has 0 aliphatic carbocycles. The molecule has 0 fully saturated rings. The van der Waals surface area contributed by atoms with Crippen LogP contribution in [0.25, 0.3) is 0 Å². The fraction of sp³-hybridized carbons (Fsp3) is 0.889. The average Bonchev–Trinajstić information content (AvgIpc) is 2.16. The lowest BCUT2D eigenvalue weighted by Gasteiger charge is -2.28. The Morgan fingerprint density at radius 1 is 1.07 bits per heavy atom. The third kappa shape index (κ3) is 5.88. The molecule has 0 unspecified atom stereocenters. The second kappa shape index (κ2) is 7.81. The van der Waals surface area contributed by atoms with E-state index in [2.05, 4.69) is 0 Å². The van der Waals surface area contributed by atoms with E-state index in [1.165, 1.54) is 0 Å². The molecule has 0 aromatic rings. The highest BCUT2D eigenvalue weighted by Crippen LogP contribution is 2.17. The van der Waals surface area contributed by atoms with Crippen molar-refractivity contribution in [2.45, 2.75) is 33.2 Å². The highest BCUT2D eigenvalue weighted by atomic mass is 28.4. The number of nitrogens with two attached hydrogens (primary N) is 1. The highest BCUT2D eigenvalue weighted by molar-refractivity contribution is 6.61. The van der Waals surface area contributed by atoms with Crippen LogP contribution < -0.4 is 5.73 Å². The molecule has 0 amide bonds. The topological polar surface area (TPSA) is 77.6 Å². The van der Waals surface area contributed by atoms with Gasteiger partial charge in [-0.25, -0.2) is 0 Å². The second-order valence-electron chi connectivity index (χ2n) is 3.01. The van der Waals surface area contributed by atoms with E-state index < -0.39 is 8.80 Å². The van der Waals surface area contributed by atoms with Crippen molar-refractivity contribution in [3.63, 3.8) is 0 Å². The first-order valence-electron chi connectivity index (χ1n) is 5.35. The first-order valence-corrected chi connectivity index (χ1v) is 7.28. The third-order valence-corrected chi connectivity index (χ3v) is 4.84. The van der Waals surface area contributed by atoms with Gasteiger partial charge in [0.15, 0.2) is 0 Å². The minimum Gasteiger partial charge on any atom is -0.388 e. The molecule has 0 aliphatic heterocycles. The van der Waals surface area contributed by atoms with Crippen LogP contribution >= 0.6 is 0 Å². The Bertz CT molecular complexity index is 173. The van der Waals surface area contributed by atoms with E-state index in [1.54, 1.807) is 0 Å². The van der Waals surface area contributed by atoms with Crippen molar-refractivity contribution < 1.29 is 13.3 Å². The summed E-state index contributed by atoms with van der Waals surface area (Å²) >= 11 is 0. The molecule has 0 rings (SSSR count). The van der Waals surface area contributed by atoms with Gasteiger partial charge in [-0.1, -0.05) is 0 Å². The van der Waals surface area contributed by atoms with Gasteiger partial charge >= 0.3 is 8.80 Å². The standard InChI is InChI=1S/C9H22N2O3Si/c1-4-12-15(13-5-2,14-6-3)8-7-9(10)11/h4-8H2,1-3H3,(H3,10,11). The quantitative estimate of drug-likeness (QED) is 0.359. The van der Waals surface area contributed by atoms with Crippen molar-refractivity contribution >= 4 is 14.6 Å². The zero-order chi connectivity index (χ0) is 11.7. The van der Waals surface area contributed by atoms with Crippen molar-refractivity contribution in [1.29, 1.82) is 5.41 Å². The largest absolute Gasteiger partial charge is 0.501 e. The van der Waals surface area contributed by atoms with Gasteiger partial charge in [0.1, 0.15) is 0 Å². The molecule has 0 saturated carbocycles. The summed E-state index contributed by atoms with van der Waals surface area (Å²) in [6.45, 7) is 7.41. The summed E-state index contributed by atoms with van der Waals surface area (Å²) in [4.78, 5) is 0. The number of amidine groups is 1. The van der Waals surface area contributed by atoms with Crippen LogP contribution in [0.5, 0.6) is 0 Å². The summed E-state index contributed by atoms with van der Waals surface area (Å²) in [5.74, 6) is 0.144.